The zero-order valence-corrected chi connectivity index (χ0v) is 14.1. The van der Waals surface area contributed by atoms with Crippen LogP contribution in [-0.2, 0) is 6.54 Å². The highest BCUT2D eigenvalue weighted by molar-refractivity contribution is 6.34. The molecule has 0 fully saturated rings. The lowest BCUT2D eigenvalue weighted by atomic mass is 10.0. The Balaban J connectivity index is 2.26. The van der Waals surface area contributed by atoms with Crippen molar-refractivity contribution in [2.75, 3.05) is 0 Å². The van der Waals surface area contributed by atoms with Crippen molar-refractivity contribution >= 4 is 29.1 Å². The Morgan fingerprint density at radius 2 is 2.08 bits per heavy atom. The summed E-state index contributed by atoms with van der Waals surface area (Å²) in [6, 6.07) is 7.15. The predicted octanol–water partition coefficient (Wildman–Crippen LogP) is 4.46. The first-order valence-electron chi connectivity index (χ1n) is 7.95. The first-order chi connectivity index (χ1) is 11.7. The molecule has 0 saturated carbocycles. The van der Waals surface area contributed by atoms with Gasteiger partial charge in [-0.25, -0.2) is 4.98 Å². The maximum absolute atomic E-state index is 11.4. The van der Waals surface area contributed by atoms with E-state index in [9.17, 15) is 9.90 Å². The Labute approximate surface area is 144 Å². The molecular weight excluding hydrogens is 326 g/mol. The van der Waals surface area contributed by atoms with Crippen molar-refractivity contribution < 1.29 is 9.90 Å². The Bertz CT molecular complexity index is 889. The number of aryl methyl sites for hydroxylation is 1. The first-order valence-corrected chi connectivity index (χ1v) is 8.33. The van der Waals surface area contributed by atoms with Crippen LogP contribution in [0.1, 0.15) is 36.5 Å². The van der Waals surface area contributed by atoms with Crippen molar-refractivity contribution in [3.8, 4) is 17.1 Å². The number of carbonyl (C=O) groups excluding carboxylic acids is 1. The van der Waals surface area contributed by atoms with Gasteiger partial charge in [0.25, 0.3) is 6.01 Å². The molecule has 0 aliphatic rings. The molecule has 0 saturated heterocycles. The second kappa shape index (κ2) is 7.01. The van der Waals surface area contributed by atoms with Gasteiger partial charge in [-0.2, -0.15) is 4.98 Å². The maximum atomic E-state index is 11.4. The smallest absolute Gasteiger partial charge is 0.296 e. The van der Waals surface area contributed by atoms with Crippen molar-refractivity contribution in [3.05, 3.63) is 41.0 Å². The summed E-state index contributed by atoms with van der Waals surface area (Å²) >= 11 is 6.41. The molecule has 2 aromatic heterocycles. The number of nitrogens with zero attached hydrogens (tertiary/aromatic N) is 3. The third-order valence-electron chi connectivity index (χ3n) is 4.05. The number of imidazole rings is 1. The van der Waals surface area contributed by atoms with Gasteiger partial charge >= 0.3 is 0 Å². The van der Waals surface area contributed by atoms with E-state index in [2.05, 4.69) is 16.9 Å². The molecule has 1 aromatic carbocycles. The summed E-state index contributed by atoms with van der Waals surface area (Å²) in [4.78, 5) is 19.8. The molecule has 0 aliphatic carbocycles. The lowest BCUT2D eigenvalue weighted by Crippen LogP contribution is -2.00. The van der Waals surface area contributed by atoms with Crippen LogP contribution in [0.4, 0.5) is 0 Å². The highest BCUT2D eigenvalue weighted by Crippen LogP contribution is 2.37. The minimum atomic E-state index is -0.0827. The zero-order chi connectivity index (χ0) is 17.1. The van der Waals surface area contributed by atoms with Crippen molar-refractivity contribution in [2.24, 2.45) is 0 Å². The molecule has 0 radical (unpaired) electrons. The number of hydrogen-bond donors (Lipinski definition) is 1. The summed E-state index contributed by atoms with van der Waals surface area (Å²) in [6.07, 6.45) is 5.34. The van der Waals surface area contributed by atoms with E-state index in [1.165, 1.54) is 6.20 Å². The van der Waals surface area contributed by atoms with Gasteiger partial charge in [0, 0.05) is 23.9 Å². The Morgan fingerprint density at radius 1 is 1.29 bits per heavy atom. The van der Waals surface area contributed by atoms with Crippen molar-refractivity contribution in [1.29, 1.82) is 0 Å². The summed E-state index contributed by atoms with van der Waals surface area (Å²) in [7, 11) is 0. The van der Waals surface area contributed by atoms with Crippen LogP contribution >= 0.6 is 11.6 Å². The average molecular weight is 344 g/mol. The number of hydrogen-bond acceptors (Lipinski definition) is 4. The molecule has 0 aliphatic heterocycles. The van der Waals surface area contributed by atoms with E-state index < -0.39 is 0 Å². The number of aromatic nitrogens is 3. The van der Waals surface area contributed by atoms with Crippen LogP contribution in [-0.4, -0.2) is 25.9 Å². The third kappa shape index (κ3) is 2.87. The number of rotatable bonds is 6. The van der Waals surface area contributed by atoms with Gasteiger partial charge in [-0.1, -0.05) is 55.6 Å². The van der Waals surface area contributed by atoms with Gasteiger partial charge in [-0.3, -0.25) is 9.36 Å². The number of halogens is 1. The van der Waals surface area contributed by atoms with Crippen molar-refractivity contribution in [2.45, 2.75) is 32.7 Å². The number of fused-ring (bicyclic) bond motifs is 1. The second-order valence-electron chi connectivity index (χ2n) is 5.63. The van der Waals surface area contributed by atoms with Crippen LogP contribution in [0.5, 0.6) is 6.01 Å². The van der Waals surface area contributed by atoms with Crippen molar-refractivity contribution in [1.82, 2.24) is 14.5 Å². The topological polar surface area (TPSA) is 68.0 Å². The highest BCUT2D eigenvalue weighted by Gasteiger charge is 2.20. The summed E-state index contributed by atoms with van der Waals surface area (Å²) in [5.41, 5.74) is 3.00. The normalized spacial score (nSPS) is 11.1. The summed E-state index contributed by atoms with van der Waals surface area (Å²) < 4.78 is 1.72. The summed E-state index contributed by atoms with van der Waals surface area (Å²) in [5.74, 6) is 0. The SMILES string of the molecule is CCCCCn1c(O)nc2ncc(Cl)c(-c3ccccc3C=O)c21. The van der Waals surface area contributed by atoms with Crippen LogP contribution in [0.15, 0.2) is 30.5 Å². The van der Waals surface area contributed by atoms with Gasteiger partial charge in [0.1, 0.15) is 0 Å². The standard InChI is InChI=1S/C18H18ClN3O2/c1-2-3-6-9-22-16-15(13-8-5-4-7-12(13)11-23)14(19)10-20-17(16)21-18(22)24/h4-5,7-8,10-11H,2-3,6,9H2,1H3,(H,20,21,24). The number of pyridine rings is 1. The molecule has 0 amide bonds. The van der Waals surface area contributed by atoms with Gasteiger partial charge < -0.3 is 5.11 Å². The van der Waals surface area contributed by atoms with E-state index in [-0.39, 0.29) is 6.01 Å². The van der Waals surface area contributed by atoms with Gasteiger partial charge in [-0.05, 0) is 12.0 Å². The number of aromatic hydroxyl groups is 1. The minimum absolute atomic E-state index is 0.0827. The third-order valence-corrected chi connectivity index (χ3v) is 4.33. The molecule has 24 heavy (non-hydrogen) atoms. The Kier molecular flexibility index (Phi) is 4.81. The van der Waals surface area contributed by atoms with Crippen molar-refractivity contribution in [3.63, 3.8) is 0 Å². The average Bonchev–Trinajstić information content (AvgIpc) is 2.91. The number of unbranched alkanes of at least 4 members (excludes halogenated alkanes) is 2. The quantitative estimate of drug-likeness (QED) is 0.530. The zero-order valence-electron chi connectivity index (χ0n) is 13.4. The first kappa shape index (κ1) is 16.5. The van der Waals surface area contributed by atoms with E-state index >= 15 is 0 Å². The summed E-state index contributed by atoms with van der Waals surface area (Å²) in [6.45, 7) is 2.74. The molecule has 2 heterocycles. The highest BCUT2D eigenvalue weighted by atomic mass is 35.5. The van der Waals surface area contributed by atoms with Crippen LogP contribution in [0.3, 0.4) is 0 Å². The molecule has 1 N–H and O–H groups in total. The second-order valence-corrected chi connectivity index (χ2v) is 6.04. The molecule has 0 atom stereocenters. The van der Waals surface area contributed by atoms with Gasteiger partial charge in [0.2, 0.25) is 0 Å². The molecular formula is C18H18ClN3O2. The van der Waals surface area contributed by atoms with E-state index in [1.54, 1.807) is 16.7 Å². The van der Waals surface area contributed by atoms with Gasteiger partial charge in [0.15, 0.2) is 11.9 Å². The van der Waals surface area contributed by atoms with Gasteiger partial charge in [-0.15, -0.1) is 0 Å². The van der Waals surface area contributed by atoms with E-state index in [4.69, 9.17) is 11.6 Å². The lowest BCUT2D eigenvalue weighted by molar-refractivity contribution is 0.112. The number of aldehydes is 1. The Hall–Kier alpha value is -2.40. The van der Waals surface area contributed by atoms with Crippen LogP contribution in [0.25, 0.3) is 22.3 Å². The van der Waals surface area contributed by atoms with E-state index in [0.717, 1.165) is 25.5 Å². The fourth-order valence-electron chi connectivity index (χ4n) is 2.88. The largest absolute Gasteiger partial charge is 0.480 e. The molecule has 3 rings (SSSR count). The summed E-state index contributed by atoms with van der Waals surface area (Å²) in [5, 5.41) is 10.6. The minimum Gasteiger partial charge on any atom is -0.480 e. The number of benzene rings is 1. The maximum Gasteiger partial charge on any atom is 0.296 e. The molecule has 6 heteroatoms. The molecule has 0 spiro atoms. The molecule has 0 bridgehead atoms. The molecule has 124 valence electrons. The molecule has 0 unspecified atom stereocenters. The lowest BCUT2D eigenvalue weighted by Gasteiger charge is -2.12. The number of carbonyl (C=O) groups is 1. The Morgan fingerprint density at radius 3 is 2.83 bits per heavy atom. The van der Waals surface area contributed by atoms with E-state index in [0.29, 0.717) is 39.4 Å². The van der Waals surface area contributed by atoms with Crippen LogP contribution < -0.4 is 0 Å². The van der Waals surface area contributed by atoms with Crippen LogP contribution in [0.2, 0.25) is 5.02 Å². The monoisotopic (exact) mass is 343 g/mol. The van der Waals surface area contributed by atoms with E-state index in [1.807, 2.05) is 12.1 Å². The molecule has 5 nitrogen and oxygen atoms in total. The predicted molar refractivity (Wildman–Crippen MR) is 94.6 cm³/mol. The molecule has 3 aromatic rings. The fourth-order valence-corrected chi connectivity index (χ4v) is 3.12. The van der Waals surface area contributed by atoms with Crippen LogP contribution in [0, 0.1) is 0 Å². The fraction of sp³-hybridized carbons (Fsp3) is 0.278. The van der Waals surface area contributed by atoms with Gasteiger partial charge in [0.05, 0.1) is 10.5 Å².